The van der Waals surface area contributed by atoms with Gasteiger partial charge in [-0.15, -0.1) is 0 Å². The molecule has 0 atom stereocenters. The van der Waals surface area contributed by atoms with Crippen molar-refractivity contribution in [2.24, 2.45) is 0 Å². The van der Waals surface area contributed by atoms with E-state index in [1.807, 2.05) is 67.7 Å². The van der Waals surface area contributed by atoms with E-state index in [9.17, 15) is 4.79 Å². The van der Waals surface area contributed by atoms with Gasteiger partial charge in [0.1, 0.15) is 5.82 Å². The van der Waals surface area contributed by atoms with Crippen molar-refractivity contribution in [1.29, 1.82) is 0 Å². The zero-order chi connectivity index (χ0) is 20.2. The molecule has 29 heavy (non-hydrogen) atoms. The normalized spacial score (nSPS) is 11.0. The van der Waals surface area contributed by atoms with E-state index in [0.29, 0.717) is 24.4 Å². The Hall–Kier alpha value is -3.11. The molecule has 0 unspecified atom stereocenters. The van der Waals surface area contributed by atoms with Crippen LogP contribution in [0.25, 0.3) is 16.7 Å². The number of fused-ring (bicyclic) bond motifs is 1. The highest BCUT2D eigenvalue weighted by molar-refractivity contribution is 6.30. The van der Waals surface area contributed by atoms with Gasteiger partial charge in [-0.1, -0.05) is 54.1 Å². The second-order valence-corrected chi connectivity index (χ2v) is 7.50. The maximum absolute atomic E-state index is 12.7. The molecule has 0 aliphatic heterocycles. The van der Waals surface area contributed by atoms with E-state index in [-0.39, 0.29) is 5.91 Å². The lowest BCUT2D eigenvalue weighted by Crippen LogP contribution is -2.26. The molecule has 4 rings (SSSR count). The van der Waals surface area contributed by atoms with Crippen molar-refractivity contribution in [2.45, 2.75) is 19.4 Å². The first-order chi connectivity index (χ1) is 14.1. The average Bonchev–Trinajstić information content (AvgIpc) is 3.12. The highest BCUT2D eigenvalue weighted by atomic mass is 35.5. The molecular weight excluding hydrogens is 382 g/mol. The fourth-order valence-corrected chi connectivity index (χ4v) is 3.60. The van der Waals surface area contributed by atoms with E-state index >= 15 is 0 Å². The smallest absolute Gasteiger partial charge is 0.223 e. The Balaban J connectivity index is 1.52. The largest absolute Gasteiger partial charge is 0.341 e. The third-order valence-corrected chi connectivity index (χ3v) is 5.22. The number of benzene rings is 3. The summed E-state index contributed by atoms with van der Waals surface area (Å²) in [6.45, 7) is 0.561. The average molecular weight is 404 g/mol. The molecule has 0 fully saturated rings. The number of para-hydroxylation sites is 3. The Labute approximate surface area is 175 Å². The minimum absolute atomic E-state index is 0.0895. The maximum atomic E-state index is 12.7. The van der Waals surface area contributed by atoms with Gasteiger partial charge in [0.15, 0.2) is 0 Å². The first-order valence-electron chi connectivity index (χ1n) is 9.62. The number of imidazole rings is 1. The number of halogens is 1. The number of nitrogens with zero attached hydrogens (tertiary/aromatic N) is 3. The maximum Gasteiger partial charge on any atom is 0.223 e. The summed E-state index contributed by atoms with van der Waals surface area (Å²) in [5, 5.41) is 0.697. The summed E-state index contributed by atoms with van der Waals surface area (Å²) in [5.74, 6) is 0.984. The molecule has 0 saturated carbocycles. The van der Waals surface area contributed by atoms with Crippen molar-refractivity contribution in [3.63, 3.8) is 0 Å². The Morgan fingerprint density at radius 1 is 0.966 bits per heavy atom. The molecule has 0 radical (unpaired) electrons. The number of carbonyl (C=O) groups excluding carboxylic acids is 1. The van der Waals surface area contributed by atoms with E-state index in [2.05, 4.69) is 22.8 Å². The number of rotatable bonds is 6. The van der Waals surface area contributed by atoms with Crippen LogP contribution in [0.2, 0.25) is 5.02 Å². The van der Waals surface area contributed by atoms with Crippen LogP contribution in [0, 0.1) is 0 Å². The highest BCUT2D eigenvalue weighted by Crippen LogP contribution is 2.22. The molecule has 4 nitrogen and oxygen atoms in total. The third kappa shape index (κ3) is 4.33. The van der Waals surface area contributed by atoms with Crippen LogP contribution in [0.1, 0.15) is 17.8 Å². The zero-order valence-electron chi connectivity index (χ0n) is 16.3. The molecule has 1 amide bonds. The number of hydrogen-bond donors (Lipinski definition) is 0. The van der Waals surface area contributed by atoms with E-state index in [0.717, 1.165) is 28.1 Å². The monoisotopic (exact) mass is 403 g/mol. The van der Waals surface area contributed by atoms with Crippen molar-refractivity contribution in [2.75, 3.05) is 7.05 Å². The number of hydrogen-bond acceptors (Lipinski definition) is 2. The first kappa shape index (κ1) is 19.2. The van der Waals surface area contributed by atoms with Gasteiger partial charge in [-0.3, -0.25) is 9.36 Å². The molecule has 0 N–H and O–H groups in total. The van der Waals surface area contributed by atoms with Gasteiger partial charge in [0.05, 0.1) is 11.0 Å². The summed E-state index contributed by atoms with van der Waals surface area (Å²) in [5.41, 5.74) is 4.10. The standard InChI is InChI=1S/C24H22ClN3O/c1-27(17-18-11-13-19(25)14-12-18)24(29)16-15-23-26-21-9-5-6-10-22(21)28(23)20-7-3-2-4-8-20/h2-14H,15-17H2,1H3. The molecule has 1 heterocycles. The van der Waals surface area contributed by atoms with E-state index in [1.165, 1.54) is 0 Å². The Morgan fingerprint density at radius 2 is 1.66 bits per heavy atom. The lowest BCUT2D eigenvalue weighted by atomic mass is 10.2. The fourth-order valence-electron chi connectivity index (χ4n) is 3.47. The van der Waals surface area contributed by atoms with Gasteiger partial charge >= 0.3 is 0 Å². The molecule has 0 aliphatic carbocycles. The van der Waals surface area contributed by atoms with Gasteiger partial charge in [-0.05, 0) is 42.0 Å². The molecule has 0 spiro atoms. The number of aromatic nitrogens is 2. The summed E-state index contributed by atoms with van der Waals surface area (Å²) in [6.07, 6.45) is 0.980. The van der Waals surface area contributed by atoms with Crippen molar-refractivity contribution >= 4 is 28.5 Å². The van der Waals surface area contributed by atoms with Gasteiger partial charge in [0, 0.05) is 37.1 Å². The van der Waals surface area contributed by atoms with E-state index in [4.69, 9.17) is 16.6 Å². The van der Waals surface area contributed by atoms with Crippen molar-refractivity contribution in [3.8, 4) is 5.69 Å². The van der Waals surface area contributed by atoms with Crippen LogP contribution in [0.5, 0.6) is 0 Å². The molecule has 3 aromatic carbocycles. The van der Waals surface area contributed by atoms with Crippen molar-refractivity contribution in [1.82, 2.24) is 14.5 Å². The number of carbonyl (C=O) groups is 1. The van der Waals surface area contributed by atoms with Gasteiger partial charge in [0.25, 0.3) is 0 Å². The zero-order valence-corrected chi connectivity index (χ0v) is 17.0. The van der Waals surface area contributed by atoms with Crippen molar-refractivity contribution < 1.29 is 4.79 Å². The number of aryl methyl sites for hydroxylation is 1. The van der Waals surface area contributed by atoms with Crippen LogP contribution in [0.3, 0.4) is 0 Å². The second-order valence-electron chi connectivity index (χ2n) is 7.06. The molecule has 0 bridgehead atoms. The summed E-state index contributed by atoms with van der Waals surface area (Å²) in [4.78, 5) is 19.3. The second kappa shape index (κ2) is 8.50. The Morgan fingerprint density at radius 3 is 2.41 bits per heavy atom. The molecule has 5 heteroatoms. The first-order valence-corrected chi connectivity index (χ1v) is 10.00. The van der Waals surface area contributed by atoms with Gasteiger partial charge in [0.2, 0.25) is 5.91 Å². The lowest BCUT2D eigenvalue weighted by Gasteiger charge is -2.17. The van der Waals surface area contributed by atoms with Crippen LogP contribution < -0.4 is 0 Å². The van der Waals surface area contributed by atoms with Gasteiger partial charge in [-0.2, -0.15) is 0 Å². The van der Waals surface area contributed by atoms with E-state index < -0.39 is 0 Å². The topological polar surface area (TPSA) is 38.1 Å². The van der Waals surface area contributed by atoms with Crippen LogP contribution in [-0.2, 0) is 17.8 Å². The van der Waals surface area contributed by atoms with Crippen LogP contribution in [0.4, 0.5) is 0 Å². The summed E-state index contributed by atoms with van der Waals surface area (Å²) >= 11 is 5.94. The predicted octanol–water partition coefficient (Wildman–Crippen LogP) is 5.27. The molecule has 146 valence electrons. The predicted molar refractivity (Wildman–Crippen MR) is 117 cm³/mol. The van der Waals surface area contributed by atoms with Crippen LogP contribution >= 0.6 is 11.6 Å². The minimum Gasteiger partial charge on any atom is -0.341 e. The fraction of sp³-hybridized carbons (Fsp3) is 0.167. The quantitative estimate of drug-likeness (QED) is 0.440. The highest BCUT2D eigenvalue weighted by Gasteiger charge is 2.15. The minimum atomic E-state index is 0.0895. The molecule has 1 aromatic heterocycles. The van der Waals surface area contributed by atoms with Crippen LogP contribution in [0.15, 0.2) is 78.9 Å². The lowest BCUT2D eigenvalue weighted by molar-refractivity contribution is -0.130. The Bertz CT molecular complexity index is 1120. The summed E-state index contributed by atoms with van der Waals surface area (Å²) in [7, 11) is 1.83. The van der Waals surface area contributed by atoms with Gasteiger partial charge in [-0.25, -0.2) is 4.98 Å². The Kier molecular flexibility index (Phi) is 5.63. The van der Waals surface area contributed by atoms with E-state index in [1.54, 1.807) is 4.90 Å². The van der Waals surface area contributed by atoms with Crippen molar-refractivity contribution in [3.05, 3.63) is 95.3 Å². The SMILES string of the molecule is CN(Cc1ccc(Cl)cc1)C(=O)CCc1nc2ccccc2n1-c1ccccc1. The molecular formula is C24H22ClN3O. The number of amides is 1. The van der Waals surface area contributed by atoms with Crippen LogP contribution in [-0.4, -0.2) is 27.4 Å². The summed E-state index contributed by atoms with van der Waals surface area (Å²) < 4.78 is 2.14. The van der Waals surface area contributed by atoms with Gasteiger partial charge < -0.3 is 4.90 Å². The molecule has 0 saturated heterocycles. The molecule has 4 aromatic rings. The molecule has 0 aliphatic rings. The summed E-state index contributed by atoms with van der Waals surface area (Å²) in [6, 6.07) is 25.8. The third-order valence-electron chi connectivity index (χ3n) is 4.97.